The summed E-state index contributed by atoms with van der Waals surface area (Å²) >= 11 is 0. The molecule has 2 heterocycles. The van der Waals surface area contributed by atoms with Gasteiger partial charge in [0.2, 0.25) is 5.91 Å². The second kappa shape index (κ2) is 7.79. The molecule has 150 valence electrons. The molecular weight excluding hydrogens is 367 g/mol. The van der Waals surface area contributed by atoms with E-state index in [0.717, 1.165) is 28.2 Å². The highest BCUT2D eigenvalue weighted by Crippen LogP contribution is 2.34. The normalized spacial score (nSPS) is 14.6. The summed E-state index contributed by atoms with van der Waals surface area (Å²) in [6.07, 6.45) is 0.421. The SMILES string of the molecule is CC(c1ccc(-c2ccccc2)c(F)c1)c1nn2c(c1CN(C)C)NC(=O)CC2. The average Bonchev–Trinajstić information content (AvgIpc) is 3.05. The minimum Gasteiger partial charge on any atom is -0.311 e. The van der Waals surface area contributed by atoms with E-state index in [4.69, 9.17) is 5.10 Å². The van der Waals surface area contributed by atoms with Gasteiger partial charge in [0.05, 0.1) is 12.2 Å². The standard InChI is InChI=1S/C23H25FN4O/c1-15(17-9-10-18(20(24)13-17)16-7-5-4-6-8-16)22-19(14-27(2)3)23-25-21(29)11-12-28(23)26-22/h4-10,13,15H,11-12,14H2,1-3H3,(H,25,29). The third-order valence-electron chi connectivity index (χ3n) is 5.35. The molecule has 1 N–H and O–H groups in total. The number of carbonyl (C=O) groups is 1. The van der Waals surface area contributed by atoms with Gasteiger partial charge in [-0.1, -0.05) is 49.4 Å². The lowest BCUT2D eigenvalue weighted by molar-refractivity contribution is -0.116. The van der Waals surface area contributed by atoms with Crippen LogP contribution in [0.2, 0.25) is 0 Å². The Morgan fingerprint density at radius 1 is 1.21 bits per heavy atom. The number of hydrogen-bond donors (Lipinski definition) is 1. The van der Waals surface area contributed by atoms with Crippen molar-refractivity contribution in [2.45, 2.75) is 32.4 Å². The Balaban J connectivity index is 1.72. The van der Waals surface area contributed by atoms with Crippen LogP contribution in [0.15, 0.2) is 48.5 Å². The molecule has 0 saturated heterocycles. The number of aryl methyl sites for hydroxylation is 1. The number of nitrogens with zero attached hydrogens (tertiary/aromatic N) is 3. The predicted octanol–water partition coefficient (Wildman–Crippen LogP) is 4.24. The molecule has 1 aromatic heterocycles. The molecule has 4 rings (SSSR count). The van der Waals surface area contributed by atoms with Gasteiger partial charge in [0, 0.05) is 30.0 Å². The molecule has 1 aliphatic rings. The van der Waals surface area contributed by atoms with Crippen LogP contribution in [-0.2, 0) is 17.9 Å². The number of amides is 1. The van der Waals surface area contributed by atoms with Gasteiger partial charge in [-0.2, -0.15) is 5.10 Å². The van der Waals surface area contributed by atoms with Crippen LogP contribution in [0.4, 0.5) is 10.2 Å². The fraction of sp³-hybridized carbons (Fsp3) is 0.304. The van der Waals surface area contributed by atoms with E-state index in [1.807, 2.05) is 73.1 Å². The summed E-state index contributed by atoms with van der Waals surface area (Å²) in [5, 5.41) is 7.74. The van der Waals surface area contributed by atoms with E-state index in [1.54, 1.807) is 6.07 Å². The number of anilines is 1. The number of aromatic nitrogens is 2. The quantitative estimate of drug-likeness (QED) is 0.706. The van der Waals surface area contributed by atoms with E-state index >= 15 is 0 Å². The summed E-state index contributed by atoms with van der Waals surface area (Å²) < 4.78 is 16.8. The molecule has 0 fully saturated rings. The van der Waals surface area contributed by atoms with Crippen LogP contribution < -0.4 is 5.32 Å². The molecule has 1 aliphatic heterocycles. The zero-order valence-electron chi connectivity index (χ0n) is 16.9. The molecule has 0 radical (unpaired) electrons. The molecule has 2 aromatic carbocycles. The van der Waals surface area contributed by atoms with Crippen molar-refractivity contribution in [2.24, 2.45) is 0 Å². The Labute approximate surface area is 170 Å². The largest absolute Gasteiger partial charge is 0.311 e. The Morgan fingerprint density at radius 3 is 2.66 bits per heavy atom. The van der Waals surface area contributed by atoms with Crippen molar-refractivity contribution < 1.29 is 9.18 Å². The first-order chi connectivity index (χ1) is 13.9. The zero-order chi connectivity index (χ0) is 20.5. The van der Waals surface area contributed by atoms with Crippen molar-refractivity contribution in [1.82, 2.24) is 14.7 Å². The molecule has 6 heteroatoms. The maximum Gasteiger partial charge on any atom is 0.227 e. The van der Waals surface area contributed by atoms with Gasteiger partial charge < -0.3 is 10.2 Å². The molecule has 0 spiro atoms. The van der Waals surface area contributed by atoms with Crippen molar-refractivity contribution in [1.29, 1.82) is 0 Å². The van der Waals surface area contributed by atoms with E-state index in [-0.39, 0.29) is 17.6 Å². The number of benzene rings is 2. The summed E-state index contributed by atoms with van der Waals surface area (Å²) in [7, 11) is 3.97. The van der Waals surface area contributed by atoms with Gasteiger partial charge in [0.25, 0.3) is 0 Å². The third kappa shape index (κ3) is 3.80. The number of halogens is 1. The smallest absolute Gasteiger partial charge is 0.227 e. The third-order valence-corrected chi connectivity index (χ3v) is 5.35. The first-order valence-corrected chi connectivity index (χ1v) is 9.83. The Kier molecular flexibility index (Phi) is 5.20. The minimum atomic E-state index is -0.244. The van der Waals surface area contributed by atoms with Crippen LogP contribution in [0, 0.1) is 5.82 Å². The predicted molar refractivity (Wildman–Crippen MR) is 112 cm³/mol. The molecule has 1 unspecified atom stereocenters. The molecule has 3 aromatic rings. The molecular formula is C23H25FN4O. The summed E-state index contributed by atoms with van der Waals surface area (Å²) in [5.74, 6) is 0.430. The van der Waals surface area contributed by atoms with Crippen LogP contribution in [-0.4, -0.2) is 34.7 Å². The van der Waals surface area contributed by atoms with E-state index < -0.39 is 0 Å². The molecule has 29 heavy (non-hydrogen) atoms. The molecule has 0 saturated carbocycles. The fourth-order valence-electron chi connectivity index (χ4n) is 3.85. The molecule has 0 bridgehead atoms. The highest BCUT2D eigenvalue weighted by Gasteiger charge is 2.27. The lowest BCUT2D eigenvalue weighted by Crippen LogP contribution is -2.24. The van der Waals surface area contributed by atoms with Crippen LogP contribution in [0.25, 0.3) is 11.1 Å². The number of fused-ring (bicyclic) bond motifs is 1. The van der Waals surface area contributed by atoms with Crippen molar-refractivity contribution in [3.63, 3.8) is 0 Å². The van der Waals surface area contributed by atoms with Crippen molar-refractivity contribution in [2.75, 3.05) is 19.4 Å². The molecule has 0 aliphatic carbocycles. The summed E-state index contributed by atoms with van der Waals surface area (Å²) in [6, 6.07) is 14.9. The van der Waals surface area contributed by atoms with E-state index in [2.05, 4.69) is 5.32 Å². The van der Waals surface area contributed by atoms with Crippen LogP contribution in [0.3, 0.4) is 0 Å². The van der Waals surface area contributed by atoms with Crippen molar-refractivity contribution in [3.8, 4) is 11.1 Å². The van der Waals surface area contributed by atoms with Crippen LogP contribution in [0.1, 0.15) is 36.1 Å². The summed E-state index contributed by atoms with van der Waals surface area (Å²) in [6.45, 7) is 3.25. The van der Waals surface area contributed by atoms with Gasteiger partial charge in [-0.15, -0.1) is 0 Å². The van der Waals surface area contributed by atoms with E-state index in [0.29, 0.717) is 25.1 Å². The lowest BCUT2D eigenvalue weighted by Gasteiger charge is -2.18. The van der Waals surface area contributed by atoms with Crippen LogP contribution in [0.5, 0.6) is 0 Å². The minimum absolute atomic E-state index is 0.00914. The second-order valence-electron chi connectivity index (χ2n) is 7.80. The highest BCUT2D eigenvalue weighted by atomic mass is 19.1. The second-order valence-corrected chi connectivity index (χ2v) is 7.80. The maximum atomic E-state index is 14.9. The lowest BCUT2D eigenvalue weighted by atomic mass is 9.92. The number of nitrogens with one attached hydrogen (secondary N) is 1. The Hall–Kier alpha value is -2.99. The number of carbonyl (C=O) groups excluding carboxylic acids is 1. The zero-order valence-corrected chi connectivity index (χ0v) is 16.9. The topological polar surface area (TPSA) is 50.2 Å². The maximum absolute atomic E-state index is 14.9. The van der Waals surface area contributed by atoms with Gasteiger partial charge in [0.15, 0.2) is 0 Å². The van der Waals surface area contributed by atoms with Gasteiger partial charge >= 0.3 is 0 Å². The molecule has 5 nitrogen and oxygen atoms in total. The Bertz CT molecular complexity index is 1040. The van der Waals surface area contributed by atoms with Crippen LogP contribution >= 0.6 is 0 Å². The van der Waals surface area contributed by atoms with E-state index in [9.17, 15) is 9.18 Å². The molecule has 1 atom stereocenters. The number of rotatable bonds is 5. The van der Waals surface area contributed by atoms with Crippen molar-refractivity contribution >= 4 is 11.7 Å². The van der Waals surface area contributed by atoms with Gasteiger partial charge in [0.1, 0.15) is 11.6 Å². The van der Waals surface area contributed by atoms with Gasteiger partial charge in [-0.05, 0) is 31.3 Å². The van der Waals surface area contributed by atoms with E-state index in [1.165, 1.54) is 0 Å². The highest BCUT2D eigenvalue weighted by molar-refractivity contribution is 5.92. The first-order valence-electron chi connectivity index (χ1n) is 9.83. The monoisotopic (exact) mass is 392 g/mol. The summed E-state index contributed by atoms with van der Waals surface area (Å²) in [4.78, 5) is 14.0. The first kappa shape index (κ1) is 19.3. The Morgan fingerprint density at radius 2 is 1.97 bits per heavy atom. The molecule has 1 amide bonds. The van der Waals surface area contributed by atoms with Gasteiger partial charge in [-0.3, -0.25) is 4.79 Å². The van der Waals surface area contributed by atoms with Gasteiger partial charge in [-0.25, -0.2) is 9.07 Å². The van der Waals surface area contributed by atoms with Crippen molar-refractivity contribution in [3.05, 3.63) is 71.2 Å². The average molecular weight is 392 g/mol. The fourth-order valence-corrected chi connectivity index (χ4v) is 3.85. The number of hydrogen-bond acceptors (Lipinski definition) is 3. The summed E-state index contributed by atoms with van der Waals surface area (Å²) in [5.41, 5.74) is 4.18.